The van der Waals surface area contributed by atoms with Gasteiger partial charge in [-0.3, -0.25) is 4.79 Å². The third kappa shape index (κ3) is 3.64. The predicted molar refractivity (Wildman–Crippen MR) is 55.1 cm³/mol. The fourth-order valence-corrected chi connectivity index (χ4v) is 1.38. The van der Waals surface area contributed by atoms with Crippen LogP contribution in [0.15, 0.2) is 0 Å². The SMILES string of the molecule is CNCCCC(=O)NCC1(C)COC1. The van der Waals surface area contributed by atoms with Gasteiger partial charge in [-0.2, -0.15) is 0 Å². The highest BCUT2D eigenvalue weighted by molar-refractivity contribution is 5.75. The first-order chi connectivity index (χ1) is 6.66. The van der Waals surface area contributed by atoms with Crippen LogP contribution in [0.3, 0.4) is 0 Å². The van der Waals surface area contributed by atoms with Crippen molar-refractivity contribution in [2.75, 3.05) is 33.4 Å². The molecule has 1 amide bonds. The summed E-state index contributed by atoms with van der Waals surface area (Å²) in [6, 6.07) is 0. The Morgan fingerprint density at radius 2 is 2.21 bits per heavy atom. The average molecular weight is 200 g/mol. The van der Waals surface area contributed by atoms with Crippen molar-refractivity contribution in [1.82, 2.24) is 10.6 Å². The molecule has 0 unspecified atom stereocenters. The Labute approximate surface area is 85.4 Å². The number of nitrogens with one attached hydrogen (secondary N) is 2. The molecule has 1 fully saturated rings. The maximum Gasteiger partial charge on any atom is 0.220 e. The van der Waals surface area contributed by atoms with Gasteiger partial charge in [0, 0.05) is 18.4 Å². The van der Waals surface area contributed by atoms with Crippen LogP contribution in [0.2, 0.25) is 0 Å². The van der Waals surface area contributed by atoms with Gasteiger partial charge in [0.15, 0.2) is 0 Å². The Balaban J connectivity index is 2.03. The summed E-state index contributed by atoms with van der Waals surface area (Å²) in [5.41, 5.74) is 0.179. The minimum absolute atomic E-state index is 0.147. The summed E-state index contributed by atoms with van der Waals surface area (Å²) in [6.07, 6.45) is 1.51. The van der Waals surface area contributed by atoms with Gasteiger partial charge in [0.2, 0.25) is 5.91 Å². The van der Waals surface area contributed by atoms with Crippen LogP contribution in [0, 0.1) is 5.41 Å². The Morgan fingerprint density at radius 3 is 2.71 bits per heavy atom. The van der Waals surface area contributed by atoms with Gasteiger partial charge in [0.25, 0.3) is 0 Å². The maximum absolute atomic E-state index is 11.3. The fourth-order valence-electron chi connectivity index (χ4n) is 1.38. The summed E-state index contributed by atoms with van der Waals surface area (Å²) in [5.74, 6) is 0.147. The van der Waals surface area contributed by atoms with Gasteiger partial charge in [-0.25, -0.2) is 0 Å². The molecule has 1 aliphatic heterocycles. The molecule has 2 N–H and O–H groups in total. The van der Waals surface area contributed by atoms with Gasteiger partial charge >= 0.3 is 0 Å². The summed E-state index contributed by atoms with van der Waals surface area (Å²) in [6.45, 7) is 5.30. The standard InChI is InChI=1S/C10H20N2O2/c1-10(7-14-8-10)6-12-9(13)4-3-5-11-2/h11H,3-8H2,1-2H3,(H,12,13). The molecular formula is C10H20N2O2. The van der Waals surface area contributed by atoms with E-state index < -0.39 is 0 Å². The molecule has 1 rings (SSSR count). The highest BCUT2D eigenvalue weighted by Gasteiger charge is 2.33. The number of carbonyl (C=O) groups excluding carboxylic acids is 1. The molecule has 0 saturated carbocycles. The molecule has 0 spiro atoms. The van der Waals surface area contributed by atoms with Crippen LogP contribution in [-0.4, -0.2) is 39.3 Å². The lowest BCUT2D eigenvalue weighted by molar-refractivity contribution is -0.126. The average Bonchev–Trinajstić information content (AvgIpc) is 2.12. The molecule has 4 nitrogen and oxygen atoms in total. The zero-order valence-corrected chi connectivity index (χ0v) is 9.06. The van der Waals surface area contributed by atoms with Gasteiger partial charge in [0.05, 0.1) is 13.2 Å². The van der Waals surface area contributed by atoms with Gasteiger partial charge in [-0.15, -0.1) is 0 Å². The van der Waals surface area contributed by atoms with Crippen molar-refractivity contribution < 1.29 is 9.53 Å². The number of hydrogen-bond acceptors (Lipinski definition) is 3. The van der Waals surface area contributed by atoms with E-state index in [1.54, 1.807) is 0 Å². The van der Waals surface area contributed by atoms with Crippen LogP contribution in [0.5, 0.6) is 0 Å². The zero-order chi connectivity index (χ0) is 10.4. The third-order valence-corrected chi connectivity index (χ3v) is 2.44. The van der Waals surface area contributed by atoms with E-state index in [-0.39, 0.29) is 11.3 Å². The number of carbonyl (C=O) groups is 1. The zero-order valence-electron chi connectivity index (χ0n) is 9.06. The quantitative estimate of drug-likeness (QED) is 0.600. The molecule has 0 radical (unpaired) electrons. The second-order valence-corrected chi connectivity index (χ2v) is 4.29. The fraction of sp³-hybridized carbons (Fsp3) is 0.900. The molecule has 1 heterocycles. The highest BCUT2D eigenvalue weighted by atomic mass is 16.5. The first kappa shape index (κ1) is 11.5. The summed E-state index contributed by atoms with van der Waals surface area (Å²) in [4.78, 5) is 11.3. The molecule has 0 bridgehead atoms. The Kier molecular flexibility index (Phi) is 4.35. The van der Waals surface area contributed by atoms with Crippen LogP contribution >= 0.6 is 0 Å². The number of ether oxygens (including phenoxy) is 1. The first-order valence-electron chi connectivity index (χ1n) is 5.15. The molecule has 0 aliphatic carbocycles. The lowest BCUT2D eigenvalue weighted by atomic mass is 9.89. The van der Waals surface area contributed by atoms with E-state index in [9.17, 15) is 4.79 Å². The molecule has 0 aromatic carbocycles. The lowest BCUT2D eigenvalue weighted by Gasteiger charge is -2.38. The molecule has 0 aromatic rings. The molecule has 1 saturated heterocycles. The normalized spacial score (nSPS) is 18.7. The van der Waals surface area contributed by atoms with Crippen LogP contribution < -0.4 is 10.6 Å². The van der Waals surface area contributed by atoms with Gasteiger partial charge in [0.1, 0.15) is 0 Å². The Hall–Kier alpha value is -0.610. The molecule has 82 valence electrons. The van der Waals surface area contributed by atoms with Crippen LogP contribution in [-0.2, 0) is 9.53 Å². The van der Waals surface area contributed by atoms with Crippen molar-refractivity contribution in [1.29, 1.82) is 0 Å². The van der Waals surface area contributed by atoms with E-state index in [4.69, 9.17) is 4.74 Å². The first-order valence-corrected chi connectivity index (χ1v) is 5.15. The van der Waals surface area contributed by atoms with Gasteiger partial charge in [-0.1, -0.05) is 6.92 Å². The van der Waals surface area contributed by atoms with Crippen molar-refractivity contribution in [2.24, 2.45) is 5.41 Å². The van der Waals surface area contributed by atoms with Crippen molar-refractivity contribution in [3.8, 4) is 0 Å². The van der Waals surface area contributed by atoms with Gasteiger partial charge in [-0.05, 0) is 20.0 Å². The van der Waals surface area contributed by atoms with Crippen LogP contribution in [0.4, 0.5) is 0 Å². The number of amides is 1. The second kappa shape index (κ2) is 5.32. The minimum Gasteiger partial charge on any atom is -0.380 e. The maximum atomic E-state index is 11.3. The topological polar surface area (TPSA) is 50.4 Å². The van der Waals surface area contributed by atoms with E-state index in [1.165, 1.54) is 0 Å². The lowest BCUT2D eigenvalue weighted by Crippen LogP contribution is -2.48. The summed E-state index contributed by atoms with van der Waals surface area (Å²) in [7, 11) is 1.89. The van der Waals surface area contributed by atoms with Crippen molar-refractivity contribution in [3.05, 3.63) is 0 Å². The van der Waals surface area contributed by atoms with E-state index in [0.717, 1.165) is 32.7 Å². The van der Waals surface area contributed by atoms with Crippen molar-refractivity contribution in [2.45, 2.75) is 19.8 Å². The van der Waals surface area contributed by atoms with E-state index in [1.807, 2.05) is 7.05 Å². The molecule has 1 aliphatic rings. The Bertz CT molecular complexity index is 191. The molecule has 4 heteroatoms. The minimum atomic E-state index is 0.147. The molecule has 0 aromatic heterocycles. The second-order valence-electron chi connectivity index (χ2n) is 4.29. The molecule has 14 heavy (non-hydrogen) atoms. The largest absolute Gasteiger partial charge is 0.380 e. The predicted octanol–water partition coefficient (Wildman–Crippen LogP) is 0.139. The van der Waals surface area contributed by atoms with E-state index in [2.05, 4.69) is 17.6 Å². The van der Waals surface area contributed by atoms with Crippen molar-refractivity contribution >= 4 is 5.91 Å². The summed E-state index contributed by atoms with van der Waals surface area (Å²) in [5, 5.41) is 5.96. The number of hydrogen-bond donors (Lipinski definition) is 2. The van der Waals surface area contributed by atoms with Crippen molar-refractivity contribution in [3.63, 3.8) is 0 Å². The van der Waals surface area contributed by atoms with Gasteiger partial charge < -0.3 is 15.4 Å². The van der Waals surface area contributed by atoms with Crippen LogP contribution in [0.25, 0.3) is 0 Å². The summed E-state index contributed by atoms with van der Waals surface area (Å²) < 4.78 is 5.11. The van der Waals surface area contributed by atoms with E-state index in [0.29, 0.717) is 6.42 Å². The van der Waals surface area contributed by atoms with E-state index >= 15 is 0 Å². The molecular weight excluding hydrogens is 180 g/mol. The monoisotopic (exact) mass is 200 g/mol. The summed E-state index contributed by atoms with van der Waals surface area (Å²) >= 11 is 0. The highest BCUT2D eigenvalue weighted by Crippen LogP contribution is 2.24. The number of rotatable bonds is 6. The third-order valence-electron chi connectivity index (χ3n) is 2.44. The molecule has 0 atom stereocenters. The smallest absolute Gasteiger partial charge is 0.220 e. The Morgan fingerprint density at radius 1 is 1.50 bits per heavy atom. The van der Waals surface area contributed by atoms with Crippen LogP contribution in [0.1, 0.15) is 19.8 Å².